The molecule has 5 rings (SSSR count). The summed E-state index contributed by atoms with van der Waals surface area (Å²) < 4.78 is 0. The maximum atomic E-state index is 3.70. The van der Waals surface area contributed by atoms with E-state index >= 15 is 0 Å². The van der Waals surface area contributed by atoms with E-state index < -0.39 is 0 Å². The van der Waals surface area contributed by atoms with E-state index in [1.165, 1.54) is 36.3 Å². The molecule has 0 spiro atoms. The third-order valence-electron chi connectivity index (χ3n) is 4.11. The Labute approximate surface area is 152 Å². The maximum Gasteiger partial charge on any atom is 0.406 e. The Morgan fingerprint density at radius 3 is 1.75 bits per heavy atom. The first-order valence-corrected chi connectivity index (χ1v) is 10.3. The first-order chi connectivity index (χ1) is 11.9. The molecule has 0 bridgehead atoms. The van der Waals surface area contributed by atoms with Crippen molar-refractivity contribution in [3.8, 4) is 19.5 Å². The van der Waals surface area contributed by atoms with Crippen LogP contribution in [-0.4, -0.2) is 6.98 Å². The minimum absolute atomic E-state index is 0.127. The second-order valence-electron chi connectivity index (χ2n) is 5.60. The van der Waals surface area contributed by atoms with E-state index in [0.29, 0.717) is 0 Å². The lowest BCUT2D eigenvalue weighted by Crippen LogP contribution is -2.41. The monoisotopic (exact) mass is 364 g/mol. The Hall–Kier alpha value is -2.02. The van der Waals surface area contributed by atoms with E-state index in [9.17, 15) is 0 Å². The maximum absolute atomic E-state index is 3.70. The van der Waals surface area contributed by atoms with Gasteiger partial charge < -0.3 is 10.5 Å². The van der Waals surface area contributed by atoms with Crippen LogP contribution in [0.25, 0.3) is 19.5 Å². The molecule has 1 aromatic carbocycles. The Kier molecular flexibility index (Phi) is 3.47. The van der Waals surface area contributed by atoms with Gasteiger partial charge in [0.1, 0.15) is 0 Å². The van der Waals surface area contributed by atoms with Crippen molar-refractivity contribution >= 4 is 57.8 Å². The minimum Gasteiger partial charge on any atom is -0.403 e. The number of benzene rings is 1. The molecule has 0 aliphatic carbocycles. The number of hydrogen-bond acceptors (Lipinski definition) is 5. The van der Waals surface area contributed by atoms with Gasteiger partial charge in [-0.25, -0.2) is 0 Å². The molecule has 0 radical (unpaired) electrons. The first-order valence-electron chi connectivity index (χ1n) is 7.73. The summed E-state index contributed by atoms with van der Waals surface area (Å²) in [5, 5.41) is 11.7. The molecular weight excluding hydrogens is 351 g/mol. The lowest BCUT2D eigenvalue weighted by Gasteiger charge is -2.09. The molecule has 116 valence electrons. The van der Waals surface area contributed by atoms with Crippen molar-refractivity contribution < 1.29 is 0 Å². The lowest BCUT2D eigenvalue weighted by molar-refractivity contribution is 1.74. The van der Waals surface area contributed by atoms with Gasteiger partial charge in [-0.05, 0) is 28.4 Å². The molecule has 0 saturated carbocycles. The molecule has 6 heteroatoms. The summed E-state index contributed by atoms with van der Waals surface area (Å²) in [6.07, 6.45) is 0. The Balaban J connectivity index is 1.63. The predicted molar refractivity (Wildman–Crippen MR) is 110 cm³/mol. The van der Waals surface area contributed by atoms with Crippen LogP contribution in [0.4, 0.5) is 11.4 Å². The van der Waals surface area contributed by atoms with Crippen molar-refractivity contribution in [1.29, 1.82) is 0 Å². The molecular formula is C18H13BN2S3. The third kappa shape index (κ3) is 2.30. The highest BCUT2D eigenvalue weighted by Gasteiger charge is 2.33. The molecule has 1 aliphatic rings. The van der Waals surface area contributed by atoms with Crippen molar-refractivity contribution in [2.75, 3.05) is 10.5 Å². The highest BCUT2D eigenvalue weighted by atomic mass is 32.1. The van der Waals surface area contributed by atoms with Crippen LogP contribution < -0.4 is 15.9 Å². The summed E-state index contributed by atoms with van der Waals surface area (Å²) in [6, 6.07) is 19.2. The molecule has 0 atom stereocenters. The fourth-order valence-electron chi connectivity index (χ4n) is 3.01. The van der Waals surface area contributed by atoms with Gasteiger partial charge in [-0.15, -0.1) is 34.0 Å². The zero-order valence-corrected chi connectivity index (χ0v) is 15.1. The molecule has 0 saturated heterocycles. The quantitative estimate of drug-likeness (QED) is 0.473. The molecule has 4 aromatic rings. The zero-order valence-electron chi connectivity index (χ0n) is 12.7. The second kappa shape index (κ2) is 5.81. The van der Waals surface area contributed by atoms with Crippen LogP contribution in [-0.2, 0) is 0 Å². The Morgan fingerprint density at radius 2 is 1.25 bits per heavy atom. The number of anilines is 2. The van der Waals surface area contributed by atoms with Gasteiger partial charge in [0, 0.05) is 9.75 Å². The van der Waals surface area contributed by atoms with Gasteiger partial charge in [0.2, 0.25) is 0 Å². The van der Waals surface area contributed by atoms with Crippen molar-refractivity contribution in [1.82, 2.24) is 0 Å². The predicted octanol–water partition coefficient (Wildman–Crippen LogP) is 5.44. The highest BCUT2D eigenvalue weighted by molar-refractivity contribution is 7.27. The van der Waals surface area contributed by atoms with Gasteiger partial charge in [0.05, 0.1) is 21.1 Å². The van der Waals surface area contributed by atoms with Crippen LogP contribution in [0.1, 0.15) is 0 Å². The van der Waals surface area contributed by atoms with Crippen LogP contribution >= 0.6 is 34.0 Å². The van der Waals surface area contributed by atoms with Crippen LogP contribution in [0.3, 0.4) is 0 Å². The van der Waals surface area contributed by atoms with Crippen LogP contribution in [0.5, 0.6) is 0 Å². The Bertz CT molecular complexity index is 901. The standard InChI is InChI=1S/C18H13BN2S3/c1-2-6-12(7-3-1)19-20-15-16(21-19)18(14-9-5-11-23-14)24-17(15)13-8-4-10-22-13/h1-11,20-21H. The van der Waals surface area contributed by atoms with Gasteiger partial charge in [0.25, 0.3) is 0 Å². The number of hydrogen-bond donors (Lipinski definition) is 2. The van der Waals surface area contributed by atoms with Gasteiger partial charge in [-0.2, -0.15) is 0 Å². The molecule has 4 heterocycles. The van der Waals surface area contributed by atoms with Crippen molar-refractivity contribution in [2.24, 2.45) is 0 Å². The molecule has 2 N–H and O–H groups in total. The highest BCUT2D eigenvalue weighted by Crippen LogP contribution is 2.53. The van der Waals surface area contributed by atoms with Crippen molar-refractivity contribution in [3.63, 3.8) is 0 Å². The molecule has 24 heavy (non-hydrogen) atoms. The molecule has 2 nitrogen and oxygen atoms in total. The summed E-state index contributed by atoms with van der Waals surface area (Å²) in [7, 11) is 0. The Morgan fingerprint density at radius 1 is 0.667 bits per heavy atom. The summed E-state index contributed by atoms with van der Waals surface area (Å²) in [5.74, 6) is 0. The third-order valence-corrected chi connectivity index (χ3v) is 7.40. The van der Waals surface area contributed by atoms with E-state index in [2.05, 4.69) is 75.8 Å². The van der Waals surface area contributed by atoms with Crippen LogP contribution in [0.2, 0.25) is 0 Å². The van der Waals surface area contributed by atoms with Crippen LogP contribution in [0, 0.1) is 0 Å². The molecule has 0 amide bonds. The normalized spacial score (nSPS) is 12.8. The number of fused-ring (bicyclic) bond motifs is 1. The summed E-state index contributed by atoms with van der Waals surface area (Å²) >= 11 is 5.46. The average Bonchev–Trinajstić information content (AvgIpc) is 3.38. The van der Waals surface area contributed by atoms with Gasteiger partial charge >= 0.3 is 6.98 Å². The molecule has 3 aromatic heterocycles. The van der Waals surface area contributed by atoms with Crippen molar-refractivity contribution in [3.05, 3.63) is 65.4 Å². The van der Waals surface area contributed by atoms with Crippen molar-refractivity contribution in [2.45, 2.75) is 0 Å². The van der Waals surface area contributed by atoms with Crippen LogP contribution in [0.15, 0.2) is 65.4 Å². The van der Waals surface area contributed by atoms with E-state index in [-0.39, 0.29) is 6.98 Å². The summed E-state index contributed by atoms with van der Waals surface area (Å²) in [6.45, 7) is 0.127. The second-order valence-corrected chi connectivity index (χ2v) is 8.51. The van der Waals surface area contributed by atoms with E-state index in [4.69, 9.17) is 0 Å². The van der Waals surface area contributed by atoms with Gasteiger partial charge in [0.15, 0.2) is 0 Å². The fraction of sp³-hybridized carbons (Fsp3) is 0. The molecule has 0 unspecified atom stereocenters. The average molecular weight is 364 g/mol. The summed E-state index contributed by atoms with van der Waals surface area (Å²) in [5.41, 5.74) is 3.73. The number of nitrogens with one attached hydrogen (secondary N) is 2. The topological polar surface area (TPSA) is 24.1 Å². The van der Waals surface area contributed by atoms with Gasteiger partial charge in [-0.3, -0.25) is 0 Å². The minimum atomic E-state index is 0.127. The SMILES string of the molecule is c1ccc(B2Nc3c(-c4cccs4)sc(-c4cccs4)c3N2)cc1. The van der Waals surface area contributed by atoms with E-state index in [0.717, 1.165) is 0 Å². The number of rotatable bonds is 3. The van der Waals surface area contributed by atoms with Gasteiger partial charge in [-0.1, -0.05) is 42.5 Å². The van der Waals surface area contributed by atoms with E-state index in [1.54, 1.807) is 22.7 Å². The van der Waals surface area contributed by atoms with E-state index in [1.807, 2.05) is 11.3 Å². The smallest absolute Gasteiger partial charge is 0.403 e. The largest absolute Gasteiger partial charge is 0.406 e. The molecule has 1 aliphatic heterocycles. The first kappa shape index (κ1) is 14.3. The summed E-state index contributed by atoms with van der Waals surface area (Å²) in [4.78, 5) is 5.30. The number of thiophene rings is 3. The molecule has 0 fully saturated rings. The zero-order chi connectivity index (χ0) is 15.9. The lowest BCUT2D eigenvalue weighted by atomic mass is 9.69. The fourth-order valence-corrected chi connectivity index (χ4v) is 5.95.